The number of ether oxygens (including phenoxy) is 3. The minimum atomic E-state index is -2.07. The van der Waals surface area contributed by atoms with Crippen LogP contribution in [-0.4, -0.2) is 81.6 Å². The van der Waals surface area contributed by atoms with E-state index in [0.29, 0.717) is 0 Å². The molecule has 2 aliphatic carbocycles. The summed E-state index contributed by atoms with van der Waals surface area (Å²) >= 11 is 0. The van der Waals surface area contributed by atoms with Gasteiger partial charge in [-0.2, -0.15) is 0 Å². The highest BCUT2D eigenvalue weighted by Crippen LogP contribution is 2.48. The molecule has 1 aliphatic heterocycles. The van der Waals surface area contributed by atoms with E-state index in [9.17, 15) is 34.8 Å². The van der Waals surface area contributed by atoms with Crippen LogP contribution in [0.5, 0.6) is 11.5 Å². The molecular formula is C27H29NO10. The summed E-state index contributed by atoms with van der Waals surface area (Å²) in [5, 5.41) is 42.3. The number of nitrogens with two attached hydrogens (primary N) is 1. The molecule has 1 fully saturated rings. The van der Waals surface area contributed by atoms with Crippen LogP contribution in [0.15, 0.2) is 24.3 Å². The second kappa shape index (κ2) is 9.53. The van der Waals surface area contributed by atoms with Crippen molar-refractivity contribution in [2.75, 3.05) is 13.7 Å². The molecule has 38 heavy (non-hydrogen) atoms. The number of carbonyl (C=O) groups is 3. The van der Waals surface area contributed by atoms with E-state index >= 15 is 0 Å². The normalized spacial score (nSPS) is 30.3. The van der Waals surface area contributed by atoms with Gasteiger partial charge in [-0.3, -0.25) is 14.4 Å². The third-order valence-corrected chi connectivity index (χ3v) is 7.67. The molecule has 0 amide bonds. The summed E-state index contributed by atoms with van der Waals surface area (Å²) in [4.78, 5) is 39.6. The van der Waals surface area contributed by atoms with Crippen LogP contribution >= 0.6 is 0 Å². The Labute approximate surface area is 217 Å². The first-order valence-corrected chi connectivity index (χ1v) is 12.3. The molecule has 1 heterocycles. The van der Waals surface area contributed by atoms with Crippen molar-refractivity contribution in [1.82, 2.24) is 0 Å². The van der Waals surface area contributed by atoms with E-state index in [0.717, 1.165) is 0 Å². The van der Waals surface area contributed by atoms with Gasteiger partial charge in [-0.05, 0) is 24.6 Å². The van der Waals surface area contributed by atoms with Crippen molar-refractivity contribution in [2.24, 2.45) is 5.73 Å². The number of benzene rings is 2. The zero-order chi connectivity index (χ0) is 27.5. The highest BCUT2D eigenvalue weighted by Gasteiger charge is 2.48. The Bertz CT molecular complexity index is 1330. The summed E-state index contributed by atoms with van der Waals surface area (Å²) in [5.41, 5.74) is 4.08. The number of ketones is 3. The van der Waals surface area contributed by atoms with Crippen molar-refractivity contribution in [1.29, 1.82) is 0 Å². The lowest BCUT2D eigenvalue weighted by molar-refractivity contribution is -0.247. The fourth-order valence-electron chi connectivity index (χ4n) is 5.68. The van der Waals surface area contributed by atoms with Crippen LogP contribution in [0.3, 0.4) is 0 Å². The second-order valence-corrected chi connectivity index (χ2v) is 10.0. The lowest BCUT2D eigenvalue weighted by Gasteiger charge is -2.42. The maximum atomic E-state index is 13.6. The van der Waals surface area contributed by atoms with Gasteiger partial charge in [0.1, 0.15) is 23.7 Å². The van der Waals surface area contributed by atoms with Gasteiger partial charge in [-0.15, -0.1) is 0 Å². The van der Waals surface area contributed by atoms with Gasteiger partial charge in [0.05, 0.1) is 36.5 Å². The lowest BCUT2D eigenvalue weighted by Crippen LogP contribution is -2.53. The molecule has 6 atom stereocenters. The molecule has 11 nitrogen and oxygen atoms in total. The van der Waals surface area contributed by atoms with E-state index in [4.69, 9.17) is 19.9 Å². The predicted octanol–water partition coefficient (Wildman–Crippen LogP) is 0.296. The summed E-state index contributed by atoms with van der Waals surface area (Å²) in [5.74, 6) is -2.35. The summed E-state index contributed by atoms with van der Waals surface area (Å²) in [6.45, 7) is 0.678. The molecule has 1 saturated heterocycles. The van der Waals surface area contributed by atoms with E-state index in [-0.39, 0.29) is 58.4 Å². The molecule has 0 unspecified atom stereocenters. The Morgan fingerprint density at radius 2 is 1.95 bits per heavy atom. The number of hydrogen-bond donors (Lipinski definition) is 5. The molecule has 2 aromatic carbocycles. The highest BCUT2D eigenvalue weighted by molar-refractivity contribution is 6.30. The Morgan fingerprint density at radius 1 is 1.21 bits per heavy atom. The first-order valence-electron chi connectivity index (χ1n) is 12.3. The molecule has 0 bridgehead atoms. The van der Waals surface area contributed by atoms with Gasteiger partial charge in [0.15, 0.2) is 17.9 Å². The van der Waals surface area contributed by atoms with Gasteiger partial charge in [0.2, 0.25) is 5.78 Å². The average molecular weight is 528 g/mol. The predicted molar refractivity (Wildman–Crippen MR) is 130 cm³/mol. The molecule has 6 N–H and O–H groups in total. The fraction of sp³-hybridized carbons (Fsp3) is 0.444. The van der Waals surface area contributed by atoms with Crippen LogP contribution < -0.4 is 10.5 Å². The van der Waals surface area contributed by atoms with Gasteiger partial charge < -0.3 is 40.4 Å². The fourth-order valence-corrected chi connectivity index (χ4v) is 5.68. The van der Waals surface area contributed by atoms with Crippen molar-refractivity contribution in [3.63, 3.8) is 0 Å². The number of rotatable bonds is 5. The largest absolute Gasteiger partial charge is 0.507 e. The van der Waals surface area contributed by atoms with E-state index < -0.39 is 66.0 Å². The molecule has 0 radical (unpaired) electrons. The van der Waals surface area contributed by atoms with Crippen LogP contribution in [-0.2, 0) is 20.7 Å². The van der Waals surface area contributed by atoms with Crippen molar-refractivity contribution in [3.05, 3.63) is 57.6 Å². The standard InChI is InChI=1S/C27H29NO10/c1-11-23(31)15(28)7-19(37-11)38-17-9-27(35,18(30)10-29)8-12-6-14-22(25(33)20(12)17)26(34)21-13(24(14)32)4-3-5-16(21)36-2/h3-6,11,15,17,19,23,29,31,33,35H,7-10,28H2,1-2H3/t11-,15-,17-,19-,23+,27+/m1/s1. The van der Waals surface area contributed by atoms with Crippen LogP contribution in [0.1, 0.15) is 68.8 Å². The van der Waals surface area contributed by atoms with E-state index in [2.05, 4.69) is 0 Å². The van der Waals surface area contributed by atoms with Crippen LogP contribution in [0.2, 0.25) is 0 Å². The van der Waals surface area contributed by atoms with E-state index in [1.54, 1.807) is 13.0 Å². The first-order chi connectivity index (χ1) is 18.0. The number of hydrogen-bond acceptors (Lipinski definition) is 11. The third-order valence-electron chi connectivity index (χ3n) is 7.67. The van der Waals surface area contributed by atoms with Gasteiger partial charge in [0.25, 0.3) is 0 Å². The number of fused-ring (bicyclic) bond motifs is 3. The van der Waals surface area contributed by atoms with Crippen LogP contribution in [0, 0.1) is 0 Å². The summed E-state index contributed by atoms with van der Waals surface area (Å²) < 4.78 is 17.1. The molecule has 0 spiro atoms. The summed E-state index contributed by atoms with van der Waals surface area (Å²) in [6, 6.07) is 5.29. The second-order valence-electron chi connectivity index (χ2n) is 10.0. The molecular weight excluding hydrogens is 498 g/mol. The lowest BCUT2D eigenvalue weighted by atomic mass is 9.72. The zero-order valence-corrected chi connectivity index (χ0v) is 20.8. The van der Waals surface area contributed by atoms with Crippen LogP contribution in [0.25, 0.3) is 0 Å². The van der Waals surface area contributed by atoms with Gasteiger partial charge in [0, 0.05) is 42.0 Å². The molecule has 202 valence electrons. The quantitative estimate of drug-likeness (QED) is 0.307. The Kier molecular flexibility index (Phi) is 6.62. The molecule has 5 rings (SSSR count). The van der Waals surface area contributed by atoms with Crippen molar-refractivity contribution >= 4 is 17.3 Å². The minimum Gasteiger partial charge on any atom is -0.507 e. The van der Waals surface area contributed by atoms with Crippen molar-refractivity contribution in [2.45, 2.75) is 62.4 Å². The number of aromatic hydroxyl groups is 1. The average Bonchev–Trinajstić information content (AvgIpc) is 2.88. The molecule has 3 aliphatic rings. The summed E-state index contributed by atoms with van der Waals surface area (Å²) in [7, 11) is 1.37. The molecule has 0 saturated carbocycles. The number of aliphatic hydroxyl groups is 3. The van der Waals surface area contributed by atoms with Gasteiger partial charge in [-0.25, -0.2) is 0 Å². The highest BCUT2D eigenvalue weighted by atomic mass is 16.7. The first kappa shape index (κ1) is 26.4. The maximum absolute atomic E-state index is 13.6. The summed E-state index contributed by atoms with van der Waals surface area (Å²) in [6.07, 6.45) is -4.36. The molecule has 2 aromatic rings. The SMILES string of the molecule is COc1cccc2c1C(=O)c1c(cc3c(c1O)[C@H](O[C@@H]1C[C@@H](N)[C@@H](O)[C@@H](C)O1)C[C@](O)(C(=O)CO)C3)C2=O. The Hall–Kier alpha value is -3.19. The van der Waals surface area contributed by atoms with Crippen LogP contribution in [0.4, 0.5) is 0 Å². The van der Waals surface area contributed by atoms with Crippen molar-refractivity contribution < 1.29 is 49.0 Å². The number of Topliss-reactive ketones (excluding diaryl/α,β-unsaturated/α-hetero) is 1. The van der Waals surface area contributed by atoms with Gasteiger partial charge in [-0.1, -0.05) is 12.1 Å². The van der Waals surface area contributed by atoms with Gasteiger partial charge >= 0.3 is 0 Å². The topological polar surface area (TPSA) is 186 Å². The third kappa shape index (κ3) is 4.03. The molecule has 0 aromatic heterocycles. The maximum Gasteiger partial charge on any atom is 0.201 e. The van der Waals surface area contributed by atoms with Crippen molar-refractivity contribution in [3.8, 4) is 11.5 Å². The number of aliphatic hydroxyl groups excluding tert-OH is 2. The zero-order valence-electron chi connectivity index (χ0n) is 20.8. The number of carbonyl (C=O) groups excluding carboxylic acids is 3. The van der Waals surface area contributed by atoms with E-state index in [1.165, 1.54) is 25.3 Å². The number of methoxy groups -OCH3 is 1. The Balaban J connectivity index is 1.64. The van der Waals surface area contributed by atoms with E-state index in [1.807, 2.05) is 0 Å². The number of phenols is 1. The Morgan fingerprint density at radius 3 is 2.61 bits per heavy atom. The minimum absolute atomic E-state index is 0.0207. The molecule has 11 heteroatoms. The monoisotopic (exact) mass is 527 g/mol. The number of phenolic OH excluding ortho intramolecular Hbond substituents is 1. The smallest absolute Gasteiger partial charge is 0.201 e.